The molecule has 178 valence electrons. The molecule has 2 fully saturated rings. The number of rotatable bonds is 3. The van der Waals surface area contributed by atoms with E-state index in [1.807, 2.05) is 4.90 Å². The monoisotopic (exact) mass is 456 g/mol. The minimum absolute atomic E-state index is 0.0563. The van der Waals surface area contributed by atoms with E-state index in [9.17, 15) is 28.1 Å². The molecule has 0 N–H and O–H groups in total. The number of benzene rings is 1. The zero-order valence-corrected chi connectivity index (χ0v) is 18.8. The summed E-state index contributed by atoms with van der Waals surface area (Å²) in [6.07, 6.45) is -2.68. The number of anilines is 1. The van der Waals surface area contributed by atoms with Crippen molar-refractivity contribution in [3.63, 3.8) is 0 Å². The van der Waals surface area contributed by atoms with Gasteiger partial charge in [0.15, 0.2) is 0 Å². The van der Waals surface area contributed by atoms with E-state index in [1.54, 1.807) is 4.90 Å². The van der Waals surface area contributed by atoms with Crippen molar-refractivity contribution in [1.82, 2.24) is 9.80 Å². The minimum Gasteiger partial charge on any atom is -0.366 e. The Morgan fingerprint density at radius 1 is 1.03 bits per heavy atom. The number of hydrogen-bond acceptors (Lipinski definition) is 5. The first-order chi connectivity index (χ1) is 14.9. The second kappa shape index (κ2) is 9.25. The molecular formula is C22H31F3N4O3. The standard InChI is InChI=1S/C22H31F3N4O3/c1-21(2,3)28-10-4-9-27(13-14-28)20(30)16-7-11-26(12-8-16)18-6-5-17(22(23,24)25)15-19(18)29(31)32/h5-6,15-16H,4,7-14H2,1-3H3. The van der Waals surface area contributed by atoms with Crippen LogP contribution in [0.15, 0.2) is 18.2 Å². The highest BCUT2D eigenvalue weighted by Gasteiger charge is 2.36. The smallest absolute Gasteiger partial charge is 0.366 e. The largest absolute Gasteiger partial charge is 0.416 e. The molecule has 1 amide bonds. The van der Waals surface area contributed by atoms with Crippen molar-refractivity contribution >= 4 is 17.3 Å². The van der Waals surface area contributed by atoms with Crippen LogP contribution in [-0.4, -0.2) is 65.4 Å². The van der Waals surface area contributed by atoms with E-state index < -0.39 is 22.4 Å². The van der Waals surface area contributed by atoms with Crippen LogP contribution in [0.1, 0.15) is 45.6 Å². The number of amides is 1. The lowest BCUT2D eigenvalue weighted by Gasteiger charge is -2.36. The lowest BCUT2D eigenvalue weighted by atomic mass is 9.94. The molecular weight excluding hydrogens is 425 g/mol. The molecule has 0 aliphatic carbocycles. The van der Waals surface area contributed by atoms with Gasteiger partial charge in [0.2, 0.25) is 5.91 Å². The van der Waals surface area contributed by atoms with Crippen molar-refractivity contribution in [2.45, 2.75) is 51.7 Å². The number of piperidine rings is 1. The molecule has 0 saturated carbocycles. The first kappa shape index (κ1) is 24.3. The van der Waals surface area contributed by atoms with Crippen LogP contribution >= 0.6 is 0 Å². The average molecular weight is 457 g/mol. The summed E-state index contributed by atoms with van der Waals surface area (Å²) in [5.41, 5.74) is -1.37. The van der Waals surface area contributed by atoms with Crippen molar-refractivity contribution < 1.29 is 22.9 Å². The number of nitro groups is 1. The van der Waals surface area contributed by atoms with E-state index in [4.69, 9.17) is 0 Å². The van der Waals surface area contributed by atoms with Gasteiger partial charge in [0, 0.05) is 56.8 Å². The van der Waals surface area contributed by atoms with Gasteiger partial charge in [-0.1, -0.05) is 0 Å². The third kappa shape index (κ3) is 5.51. The Morgan fingerprint density at radius 3 is 2.25 bits per heavy atom. The highest BCUT2D eigenvalue weighted by Crippen LogP contribution is 2.38. The average Bonchev–Trinajstić information content (AvgIpc) is 2.98. The molecule has 10 heteroatoms. The molecule has 0 radical (unpaired) electrons. The fourth-order valence-corrected chi connectivity index (χ4v) is 4.55. The quantitative estimate of drug-likeness (QED) is 0.505. The first-order valence-corrected chi connectivity index (χ1v) is 11.0. The molecule has 32 heavy (non-hydrogen) atoms. The molecule has 0 bridgehead atoms. The highest BCUT2D eigenvalue weighted by atomic mass is 19.4. The maximum absolute atomic E-state index is 13.1. The van der Waals surface area contributed by atoms with Crippen LogP contribution in [0, 0.1) is 16.0 Å². The Kier molecular flexibility index (Phi) is 7.02. The summed E-state index contributed by atoms with van der Waals surface area (Å²) in [6.45, 7) is 10.5. The van der Waals surface area contributed by atoms with Gasteiger partial charge in [-0.15, -0.1) is 0 Å². The molecule has 0 atom stereocenters. The third-order valence-corrected chi connectivity index (χ3v) is 6.44. The van der Waals surface area contributed by atoms with Crippen LogP contribution in [0.5, 0.6) is 0 Å². The number of nitro benzene ring substituents is 1. The molecule has 7 nitrogen and oxygen atoms in total. The Hall–Kier alpha value is -2.36. The molecule has 2 heterocycles. The van der Waals surface area contributed by atoms with E-state index in [0.29, 0.717) is 38.5 Å². The molecule has 2 saturated heterocycles. The van der Waals surface area contributed by atoms with Crippen molar-refractivity contribution in [3.8, 4) is 0 Å². The van der Waals surface area contributed by atoms with E-state index in [1.165, 1.54) is 6.07 Å². The number of alkyl halides is 3. The number of halogens is 3. The normalized spacial score (nSPS) is 19.7. The first-order valence-electron chi connectivity index (χ1n) is 11.0. The summed E-state index contributed by atoms with van der Waals surface area (Å²) in [4.78, 5) is 29.7. The van der Waals surface area contributed by atoms with Crippen LogP contribution in [-0.2, 0) is 11.0 Å². The second-order valence-electron chi connectivity index (χ2n) is 9.56. The fraction of sp³-hybridized carbons (Fsp3) is 0.682. The third-order valence-electron chi connectivity index (χ3n) is 6.44. The van der Waals surface area contributed by atoms with Gasteiger partial charge in [-0.3, -0.25) is 19.8 Å². The maximum atomic E-state index is 13.1. The van der Waals surface area contributed by atoms with Gasteiger partial charge in [-0.05, 0) is 52.2 Å². The summed E-state index contributed by atoms with van der Waals surface area (Å²) in [7, 11) is 0. The fourth-order valence-electron chi connectivity index (χ4n) is 4.55. The van der Waals surface area contributed by atoms with E-state index in [2.05, 4.69) is 25.7 Å². The zero-order valence-electron chi connectivity index (χ0n) is 18.8. The summed E-state index contributed by atoms with van der Waals surface area (Å²) >= 11 is 0. The van der Waals surface area contributed by atoms with Crippen LogP contribution in [0.3, 0.4) is 0 Å². The van der Waals surface area contributed by atoms with Crippen molar-refractivity contribution in [3.05, 3.63) is 33.9 Å². The van der Waals surface area contributed by atoms with Crippen molar-refractivity contribution in [1.29, 1.82) is 0 Å². The van der Waals surface area contributed by atoms with E-state index in [0.717, 1.165) is 32.1 Å². The molecule has 0 unspecified atom stereocenters. The van der Waals surface area contributed by atoms with Gasteiger partial charge in [0.25, 0.3) is 5.69 Å². The van der Waals surface area contributed by atoms with Gasteiger partial charge < -0.3 is 9.80 Å². The molecule has 0 spiro atoms. The van der Waals surface area contributed by atoms with Crippen LogP contribution in [0.2, 0.25) is 0 Å². The van der Waals surface area contributed by atoms with E-state index >= 15 is 0 Å². The van der Waals surface area contributed by atoms with Crippen molar-refractivity contribution in [2.24, 2.45) is 5.92 Å². The molecule has 2 aliphatic rings. The Labute approximate surface area is 186 Å². The zero-order chi connectivity index (χ0) is 23.7. The lowest BCUT2D eigenvalue weighted by molar-refractivity contribution is -0.384. The van der Waals surface area contributed by atoms with Crippen LogP contribution in [0.4, 0.5) is 24.5 Å². The number of nitrogens with zero attached hydrogens (tertiary/aromatic N) is 4. The highest BCUT2D eigenvalue weighted by molar-refractivity contribution is 5.79. The van der Waals surface area contributed by atoms with Gasteiger partial charge in [-0.2, -0.15) is 13.2 Å². The van der Waals surface area contributed by atoms with Gasteiger partial charge in [-0.25, -0.2) is 0 Å². The van der Waals surface area contributed by atoms with Gasteiger partial charge in [0.05, 0.1) is 10.5 Å². The molecule has 0 aromatic heterocycles. The van der Waals surface area contributed by atoms with E-state index in [-0.39, 0.29) is 23.1 Å². The predicted molar refractivity (Wildman–Crippen MR) is 116 cm³/mol. The second-order valence-corrected chi connectivity index (χ2v) is 9.56. The number of carbonyl (C=O) groups excluding carboxylic acids is 1. The lowest BCUT2D eigenvalue weighted by Crippen LogP contribution is -2.46. The molecule has 1 aromatic carbocycles. The SMILES string of the molecule is CC(C)(C)N1CCCN(C(=O)C2CCN(c3ccc(C(F)(F)F)cc3[N+](=O)[O-])CC2)CC1. The maximum Gasteiger partial charge on any atom is 0.416 e. The summed E-state index contributed by atoms with van der Waals surface area (Å²) < 4.78 is 38.9. The minimum atomic E-state index is -4.64. The summed E-state index contributed by atoms with van der Waals surface area (Å²) in [6, 6.07) is 2.63. The van der Waals surface area contributed by atoms with Crippen molar-refractivity contribution in [2.75, 3.05) is 44.2 Å². The van der Waals surface area contributed by atoms with Gasteiger partial charge in [0.1, 0.15) is 5.69 Å². The summed E-state index contributed by atoms with van der Waals surface area (Å²) in [5, 5.41) is 11.4. The molecule has 3 rings (SSSR count). The Morgan fingerprint density at radius 2 is 1.69 bits per heavy atom. The number of carbonyl (C=O) groups is 1. The molecule has 2 aliphatic heterocycles. The topological polar surface area (TPSA) is 69.9 Å². The summed E-state index contributed by atoms with van der Waals surface area (Å²) in [5.74, 6) is -0.0525. The van der Waals surface area contributed by atoms with Crippen LogP contribution < -0.4 is 4.90 Å². The Balaban J connectivity index is 1.64. The van der Waals surface area contributed by atoms with Gasteiger partial charge >= 0.3 is 6.18 Å². The molecule has 1 aromatic rings. The van der Waals surface area contributed by atoms with Crippen LogP contribution in [0.25, 0.3) is 0 Å². The Bertz CT molecular complexity index is 846. The predicted octanol–water partition coefficient (Wildman–Crippen LogP) is 4.16. The number of hydrogen-bond donors (Lipinski definition) is 0.